The number of carbonyl (C=O) groups is 1. The van der Waals surface area contributed by atoms with Crippen molar-refractivity contribution in [1.29, 1.82) is 0 Å². The first-order valence-corrected chi connectivity index (χ1v) is 7.14. The fourth-order valence-corrected chi connectivity index (χ4v) is 2.28. The van der Waals surface area contributed by atoms with E-state index in [2.05, 4.69) is 6.92 Å². The Morgan fingerprint density at radius 2 is 2.05 bits per heavy atom. The molecule has 0 atom stereocenters. The van der Waals surface area contributed by atoms with E-state index in [9.17, 15) is 4.79 Å². The van der Waals surface area contributed by atoms with Crippen molar-refractivity contribution in [2.24, 2.45) is 0 Å². The Morgan fingerprint density at radius 3 is 2.63 bits per heavy atom. The second kappa shape index (κ2) is 8.41. The lowest BCUT2D eigenvalue weighted by Gasteiger charge is -2.21. The summed E-state index contributed by atoms with van der Waals surface area (Å²) in [5.41, 5.74) is 0.962. The summed E-state index contributed by atoms with van der Waals surface area (Å²) in [6.07, 6.45) is 0.963. The highest BCUT2D eigenvalue weighted by Crippen LogP contribution is 2.22. The van der Waals surface area contributed by atoms with Gasteiger partial charge in [0, 0.05) is 16.6 Å². The van der Waals surface area contributed by atoms with Crippen LogP contribution >= 0.6 is 23.2 Å². The van der Waals surface area contributed by atoms with Gasteiger partial charge >= 0.3 is 5.97 Å². The molecule has 1 rings (SSSR count). The second-order valence-electron chi connectivity index (χ2n) is 4.25. The molecule has 1 aromatic rings. The molecule has 0 radical (unpaired) electrons. The summed E-state index contributed by atoms with van der Waals surface area (Å²) in [6, 6.07) is 5.41. The number of halogens is 2. The lowest BCUT2D eigenvalue weighted by atomic mass is 10.2. The van der Waals surface area contributed by atoms with Crippen LogP contribution in [0.15, 0.2) is 18.2 Å². The normalized spacial score (nSPS) is 10.8. The molecule has 0 bridgehead atoms. The van der Waals surface area contributed by atoms with E-state index in [1.807, 2.05) is 11.0 Å². The monoisotopic (exact) mass is 303 g/mol. The third kappa shape index (κ3) is 5.81. The number of hydrogen-bond donors (Lipinski definition) is 0. The highest BCUT2D eigenvalue weighted by Gasteiger charge is 2.13. The molecular weight excluding hydrogens is 285 g/mol. The molecule has 0 aromatic heterocycles. The van der Waals surface area contributed by atoms with E-state index in [4.69, 9.17) is 27.9 Å². The van der Waals surface area contributed by atoms with Crippen LogP contribution in [0, 0.1) is 0 Å². The molecule has 0 fully saturated rings. The minimum atomic E-state index is -0.207. The van der Waals surface area contributed by atoms with E-state index < -0.39 is 0 Å². The molecule has 0 saturated carbocycles. The van der Waals surface area contributed by atoms with Crippen LogP contribution in [-0.2, 0) is 16.1 Å². The van der Waals surface area contributed by atoms with E-state index in [0.29, 0.717) is 23.2 Å². The standard InChI is InChI=1S/C14H19Cl2NO2/c1-3-7-17(10-14(18)19-4-2)9-11-5-6-12(15)8-13(11)16/h5-6,8H,3-4,7,9-10H2,1-2H3. The summed E-state index contributed by atoms with van der Waals surface area (Å²) >= 11 is 12.0. The minimum Gasteiger partial charge on any atom is -0.465 e. The Morgan fingerprint density at radius 1 is 1.32 bits per heavy atom. The first-order chi connectivity index (χ1) is 9.06. The molecule has 0 heterocycles. The number of nitrogens with zero attached hydrogens (tertiary/aromatic N) is 1. The zero-order chi connectivity index (χ0) is 14.3. The maximum Gasteiger partial charge on any atom is 0.320 e. The average molecular weight is 304 g/mol. The summed E-state index contributed by atoms with van der Waals surface area (Å²) < 4.78 is 4.97. The van der Waals surface area contributed by atoms with Crippen molar-refractivity contribution in [3.8, 4) is 0 Å². The molecular formula is C14H19Cl2NO2. The number of rotatable bonds is 7. The molecule has 0 spiro atoms. The number of benzene rings is 1. The van der Waals surface area contributed by atoms with Gasteiger partial charge in [-0.3, -0.25) is 9.69 Å². The Hall–Kier alpha value is -0.770. The van der Waals surface area contributed by atoms with Crippen molar-refractivity contribution < 1.29 is 9.53 Å². The van der Waals surface area contributed by atoms with Gasteiger partial charge in [-0.1, -0.05) is 36.2 Å². The van der Waals surface area contributed by atoms with Gasteiger partial charge in [0.25, 0.3) is 0 Å². The SMILES string of the molecule is CCCN(CC(=O)OCC)Cc1ccc(Cl)cc1Cl. The van der Waals surface area contributed by atoms with Gasteiger partial charge in [0.05, 0.1) is 13.2 Å². The van der Waals surface area contributed by atoms with E-state index in [0.717, 1.165) is 18.5 Å². The molecule has 3 nitrogen and oxygen atoms in total. The molecule has 1 aromatic carbocycles. The maximum absolute atomic E-state index is 11.5. The van der Waals surface area contributed by atoms with Crippen LogP contribution in [0.3, 0.4) is 0 Å². The molecule has 0 unspecified atom stereocenters. The second-order valence-corrected chi connectivity index (χ2v) is 5.10. The summed E-state index contributed by atoms with van der Waals surface area (Å²) in [5, 5.41) is 1.23. The van der Waals surface area contributed by atoms with Gasteiger partial charge in [0.15, 0.2) is 0 Å². The van der Waals surface area contributed by atoms with Crippen molar-refractivity contribution in [2.45, 2.75) is 26.8 Å². The van der Waals surface area contributed by atoms with Crippen molar-refractivity contribution in [3.63, 3.8) is 0 Å². The van der Waals surface area contributed by atoms with Gasteiger partial charge in [-0.15, -0.1) is 0 Å². The molecule has 0 saturated heterocycles. The molecule has 19 heavy (non-hydrogen) atoms. The van der Waals surface area contributed by atoms with Gasteiger partial charge in [0.2, 0.25) is 0 Å². The highest BCUT2D eigenvalue weighted by molar-refractivity contribution is 6.35. The lowest BCUT2D eigenvalue weighted by Crippen LogP contribution is -2.31. The Bertz CT molecular complexity index is 424. The molecule has 0 aliphatic rings. The number of ether oxygens (including phenoxy) is 1. The molecule has 5 heteroatoms. The summed E-state index contributed by atoms with van der Waals surface area (Å²) in [5.74, 6) is -0.207. The van der Waals surface area contributed by atoms with Crippen LogP contribution in [0.25, 0.3) is 0 Å². The summed E-state index contributed by atoms with van der Waals surface area (Å²) in [4.78, 5) is 13.6. The topological polar surface area (TPSA) is 29.5 Å². The molecule has 106 valence electrons. The van der Waals surface area contributed by atoms with E-state index in [-0.39, 0.29) is 12.5 Å². The lowest BCUT2D eigenvalue weighted by molar-refractivity contribution is -0.144. The van der Waals surface area contributed by atoms with Crippen molar-refractivity contribution in [1.82, 2.24) is 4.90 Å². The van der Waals surface area contributed by atoms with Crippen molar-refractivity contribution in [2.75, 3.05) is 19.7 Å². The number of carbonyl (C=O) groups excluding carboxylic acids is 1. The Balaban J connectivity index is 2.69. The smallest absolute Gasteiger partial charge is 0.320 e. The zero-order valence-electron chi connectivity index (χ0n) is 11.3. The maximum atomic E-state index is 11.5. The van der Waals surface area contributed by atoms with Gasteiger partial charge in [-0.2, -0.15) is 0 Å². The van der Waals surface area contributed by atoms with Crippen molar-refractivity contribution in [3.05, 3.63) is 33.8 Å². The van der Waals surface area contributed by atoms with Gasteiger partial charge in [0.1, 0.15) is 0 Å². The average Bonchev–Trinajstić information content (AvgIpc) is 2.33. The predicted octanol–water partition coefficient (Wildman–Crippen LogP) is 3.77. The van der Waals surface area contributed by atoms with Crippen LogP contribution in [0.5, 0.6) is 0 Å². The first-order valence-electron chi connectivity index (χ1n) is 6.38. The van der Waals surface area contributed by atoms with Crippen LogP contribution in [0.4, 0.5) is 0 Å². The molecule has 0 aliphatic heterocycles. The molecule has 0 amide bonds. The van der Waals surface area contributed by atoms with Gasteiger partial charge in [-0.25, -0.2) is 0 Å². The fourth-order valence-electron chi connectivity index (χ4n) is 1.81. The Kier molecular flexibility index (Phi) is 7.21. The summed E-state index contributed by atoms with van der Waals surface area (Å²) in [7, 11) is 0. The van der Waals surface area contributed by atoms with E-state index >= 15 is 0 Å². The van der Waals surface area contributed by atoms with E-state index in [1.165, 1.54) is 0 Å². The predicted molar refractivity (Wildman–Crippen MR) is 78.7 cm³/mol. The fraction of sp³-hybridized carbons (Fsp3) is 0.500. The van der Waals surface area contributed by atoms with Crippen LogP contribution in [0.2, 0.25) is 10.0 Å². The quantitative estimate of drug-likeness (QED) is 0.718. The molecule has 0 N–H and O–H groups in total. The van der Waals surface area contributed by atoms with Gasteiger partial charge < -0.3 is 4.74 Å². The highest BCUT2D eigenvalue weighted by atomic mass is 35.5. The van der Waals surface area contributed by atoms with Crippen LogP contribution in [-0.4, -0.2) is 30.6 Å². The van der Waals surface area contributed by atoms with E-state index in [1.54, 1.807) is 19.1 Å². The van der Waals surface area contributed by atoms with Crippen molar-refractivity contribution >= 4 is 29.2 Å². The number of esters is 1. The Labute approximate surface area is 124 Å². The largest absolute Gasteiger partial charge is 0.465 e. The third-order valence-electron chi connectivity index (χ3n) is 2.61. The van der Waals surface area contributed by atoms with Crippen LogP contribution < -0.4 is 0 Å². The molecule has 0 aliphatic carbocycles. The zero-order valence-corrected chi connectivity index (χ0v) is 12.8. The summed E-state index contributed by atoms with van der Waals surface area (Å²) in [6.45, 7) is 5.99. The first kappa shape index (κ1) is 16.3. The third-order valence-corrected chi connectivity index (χ3v) is 3.19. The minimum absolute atomic E-state index is 0.207. The van der Waals surface area contributed by atoms with Crippen LogP contribution in [0.1, 0.15) is 25.8 Å². The number of hydrogen-bond acceptors (Lipinski definition) is 3. The van der Waals surface area contributed by atoms with Gasteiger partial charge in [-0.05, 0) is 37.6 Å².